The Balaban J connectivity index is 1.22. The molecule has 288 valence electrons. The first-order valence-electron chi connectivity index (χ1n) is 20.4. The van der Waals surface area contributed by atoms with E-state index in [1.54, 1.807) is 0 Å². The number of fused-ring (bicyclic) bond motifs is 2. The first-order chi connectivity index (χ1) is 30.3. The summed E-state index contributed by atoms with van der Waals surface area (Å²) in [5.74, 6) is 2.91. The predicted octanol–water partition coefficient (Wildman–Crippen LogP) is 8.93. The van der Waals surface area contributed by atoms with Crippen LogP contribution in [-0.2, 0) is 0 Å². The SMILES string of the molecule is c1ccc(-c2nc3ccccc3n2-c2nc(-c3cccc([Si](c4ccccc4)(c4ccccc4)c4ccccc4)c3)nc(-n3c(-c4ccccc4)nc4ccccc43)n2)cc1. The van der Waals surface area contributed by atoms with E-state index in [4.69, 9.17) is 24.9 Å². The second kappa shape index (κ2) is 15.3. The Morgan fingerprint density at radius 2 is 0.656 bits per heavy atom. The van der Waals surface area contributed by atoms with Crippen molar-refractivity contribution < 1.29 is 0 Å². The van der Waals surface area contributed by atoms with Crippen molar-refractivity contribution in [1.82, 2.24) is 34.1 Å². The summed E-state index contributed by atoms with van der Waals surface area (Å²) in [4.78, 5) is 26.5. The van der Waals surface area contributed by atoms with Gasteiger partial charge in [-0.1, -0.05) is 200 Å². The standard InChI is InChI=1S/C53H37N7Si/c1-6-21-38(22-7-1)50-54-45-33-16-18-35-47(45)59(50)52-56-49(57-53(58-52)60-48-36-19-17-34-46(48)55-51(60)39-23-8-2-9-24-39)40-25-20-32-44(37-40)61(41-26-10-3-11-27-41,42-28-12-4-13-29-42)43-30-14-5-15-31-43/h1-37H. The Morgan fingerprint density at radius 3 is 1.10 bits per heavy atom. The van der Waals surface area contributed by atoms with Gasteiger partial charge in [0.05, 0.1) is 22.1 Å². The van der Waals surface area contributed by atoms with Gasteiger partial charge in [-0.3, -0.25) is 9.13 Å². The lowest BCUT2D eigenvalue weighted by atomic mass is 10.2. The van der Waals surface area contributed by atoms with Gasteiger partial charge in [-0.15, -0.1) is 0 Å². The molecule has 61 heavy (non-hydrogen) atoms. The molecular formula is C53H37N7Si. The number of hydrogen-bond acceptors (Lipinski definition) is 5. The summed E-state index contributed by atoms with van der Waals surface area (Å²) in [6.07, 6.45) is 0. The summed E-state index contributed by atoms with van der Waals surface area (Å²) < 4.78 is 4.11. The molecule has 3 heterocycles. The van der Waals surface area contributed by atoms with E-state index in [2.05, 4.69) is 161 Å². The topological polar surface area (TPSA) is 74.3 Å². The maximum atomic E-state index is 5.40. The zero-order valence-electron chi connectivity index (χ0n) is 33.0. The summed E-state index contributed by atoms with van der Waals surface area (Å²) >= 11 is 0. The van der Waals surface area contributed by atoms with E-state index in [0.29, 0.717) is 17.7 Å². The van der Waals surface area contributed by atoms with Crippen LogP contribution in [0, 0.1) is 0 Å². The number of nitrogens with zero attached hydrogens (tertiary/aromatic N) is 7. The molecule has 0 aliphatic rings. The fourth-order valence-electron chi connectivity index (χ4n) is 8.66. The van der Waals surface area contributed by atoms with Gasteiger partial charge < -0.3 is 0 Å². The van der Waals surface area contributed by atoms with Crippen LogP contribution < -0.4 is 20.7 Å². The zero-order valence-corrected chi connectivity index (χ0v) is 34.0. The van der Waals surface area contributed by atoms with Gasteiger partial charge in [0.2, 0.25) is 11.9 Å². The molecule has 0 aliphatic heterocycles. The van der Waals surface area contributed by atoms with Gasteiger partial charge in [0.1, 0.15) is 11.6 Å². The van der Waals surface area contributed by atoms with E-state index < -0.39 is 8.07 Å². The minimum atomic E-state index is -2.88. The van der Waals surface area contributed by atoms with E-state index in [0.717, 1.165) is 50.4 Å². The van der Waals surface area contributed by atoms with Gasteiger partial charge in [-0.05, 0) is 45.0 Å². The summed E-state index contributed by atoms with van der Waals surface area (Å²) in [6.45, 7) is 0. The lowest BCUT2D eigenvalue weighted by Crippen LogP contribution is -2.74. The van der Waals surface area contributed by atoms with Crippen LogP contribution in [0.15, 0.2) is 224 Å². The molecule has 0 fully saturated rings. The van der Waals surface area contributed by atoms with Gasteiger partial charge >= 0.3 is 0 Å². The largest absolute Gasteiger partial charge is 0.260 e. The summed E-state index contributed by atoms with van der Waals surface area (Å²) in [5, 5.41) is 5.08. The molecule has 8 aromatic carbocycles. The number of imidazole rings is 2. The Bertz CT molecular complexity index is 3060. The van der Waals surface area contributed by atoms with E-state index in [-0.39, 0.29) is 0 Å². The van der Waals surface area contributed by atoms with Crippen molar-refractivity contribution in [2.45, 2.75) is 0 Å². The number of para-hydroxylation sites is 4. The van der Waals surface area contributed by atoms with E-state index >= 15 is 0 Å². The monoisotopic (exact) mass is 799 g/mol. The quantitative estimate of drug-likeness (QED) is 0.108. The van der Waals surface area contributed by atoms with Gasteiger partial charge in [0.25, 0.3) is 0 Å². The lowest BCUT2D eigenvalue weighted by Gasteiger charge is -2.34. The minimum Gasteiger partial charge on any atom is -0.260 e. The molecule has 0 N–H and O–H groups in total. The van der Waals surface area contributed by atoms with Crippen molar-refractivity contribution in [3.05, 3.63) is 224 Å². The third-order valence-corrected chi connectivity index (χ3v) is 16.1. The maximum Gasteiger partial charge on any atom is 0.241 e. The lowest BCUT2D eigenvalue weighted by molar-refractivity contribution is 0.869. The average molecular weight is 800 g/mol. The Labute approximate surface area is 354 Å². The highest BCUT2D eigenvalue weighted by Gasteiger charge is 2.41. The smallest absolute Gasteiger partial charge is 0.241 e. The third-order valence-electron chi connectivity index (χ3n) is 11.4. The Hall–Kier alpha value is -8.07. The fourth-order valence-corrected chi connectivity index (χ4v) is 13.5. The molecular weight excluding hydrogens is 763 g/mol. The van der Waals surface area contributed by atoms with Gasteiger partial charge in [-0.25, -0.2) is 9.97 Å². The molecule has 0 saturated heterocycles. The van der Waals surface area contributed by atoms with Gasteiger partial charge in [0, 0.05) is 16.7 Å². The van der Waals surface area contributed by atoms with Crippen LogP contribution >= 0.6 is 0 Å². The predicted molar refractivity (Wildman–Crippen MR) is 249 cm³/mol. The van der Waals surface area contributed by atoms with E-state index in [1.165, 1.54) is 20.7 Å². The summed E-state index contributed by atoms with van der Waals surface area (Å²) in [6, 6.07) is 78.4. The van der Waals surface area contributed by atoms with Crippen molar-refractivity contribution in [2.24, 2.45) is 0 Å². The molecule has 0 saturated carbocycles. The highest BCUT2D eigenvalue weighted by molar-refractivity contribution is 7.19. The molecule has 7 nitrogen and oxygen atoms in total. The molecule has 0 atom stereocenters. The number of rotatable bonds is 9. The van der Waals surface area contributed by atoms with Crippen LogP contribution in [0.25, 0.3) is 68.1 Å². The summed E-state index contributed by atoms with van der Waals surface area (Å²) in [5.41, 5.74) is 6.24. The Morgan fingerprint density at radius 1 is 0.295 bits per heavy atom. The molecule has 0 amide bonds. The molecule has 11 aromatic rings. The van der Waals surface area contributed by atoms with Crippen LogP contribution in [0.4, 0.5) is 0 Å². The molecule has 8 heteroatoms. The normalized spacial score (nSPS) is 11.6. The summed E-state index contributed by atoms with van der Waals surface area (Å²) in [7, 11) is -2.88. The highest BCUT2D eigenvalue weighted by atomic mass is 28.3. The van der Waals surface area contributed by atoms with Crippen molar-refractivity contribution in [3.8, 4) is 46.1 Å². The van der Waals surface area contributed by atoms with E-state index in [9.17, 15) is 0 Å². The molecule has 3 aromatic heterocycles. The minimum absolute atomic E-state index is 0.451. The third kappa shape index (κ3) is 6.25. The molecule has 0 aliphatic carbocycles. The maximum absolute atomic E-state index is 5.40. The zero-order chi connectivity index (χ0) is 40.6. The molecule has 11 rings (SSSR count). The second-order valence-electron chi connectivity index (χ2n) is 14.9. The Kier molecular flexibility index (Phi) is 9.02. The van der Waals surface area contributed by atoms with Crippen LogP contribution in [0.3, 0.4) is 0 Å². The van der Waals surface area contributed by atoms with E-state index in [1.807, 2.05) is 72.8 Å². The van der Waals surface area contributed by atoms with Gasteiger partial charge in [-0.2, -0.15) is 15.0 Å². The second-order valence-corrected chi connectivity index (χ2v) is 18.7. The van der Waals surface area contributed by atoms with Gasteiger partial charge in [0.15, 0.2) is 13.9 Å². The number of aromatic nitrogens is 7. The molecule has 0 radical (unpaired) electrons. The van der Waals surface area contributed by atoms with Crippen LogP contribution in [0.5, 0.6) is 0 Å². The van der Waals surface area contributed by atoms with Crippen LogP contribution in [0.2, 0.25) is 0 Å². The van der Waals surface area contributed by atoms with Crippen LogP contribution in [-0.4, -0.2) is 42.1 Å². The number of hydrogen-bond donors (Lipinski definition) is 0. The fraction of sp³-hybridized carbons (Fsp3) is 0. The van der Waals surface area contributed by atoms with Crippen molar-refractivity contribution in [1.29, 1.82) is 0 Å². The highest BCUT2D eigenvalue weighted by Crippen LogP contribution is 2.32. The van der Waals surface area contributed by atoms with Crippen LogP contribution in [0.1, 0.15) is 0 Å². The molecule has 0 unspecified atom stereocenters. The van der Waals surface area contributed by atoms with Crippen molar-refractivity contribution >= 4 is 50.9 Å². The molecule has 0 bridgehead atoms. The first-order valence-corrected chi connectivity index (χ1v) is 22.4. The molecule has 0 spiro atoms. The first kappa shape index (κ1) is 36.0. The van der Waals surface area contributed by atoms with Crippen molar-refractivity contribution in [2.75, 3.05) is 0 Å². The number of benzene rings is 8. The van der Waals surface area contributed by atoms with Crippen molar-refractivity contribution in [3.63, 3.8) is 0 Å². The average Bonchev–Trinajstić information content (AvgIpc) is 3.93.